The lowest BCUT2D eigenvalue weighted by molar-refractivity contribution is 0.0511. The molecule has 5 nitrogen and oxygen atoms in total. The molecule has 0 spiro atoms. The quantitative estimate of drug-likeness (QED) is 0.396. The number of methoxy groups -OCH3 is 1. The lowest BCUT2D eigenvalue weighted by Gasteiger charge is -2.05. The summed E-state index contributed by atoms with van der Waals surface area (Å²) in [6.45, 7) is 0. The van der Waals surface area contributed by atoms with Crippen LogP contribution in [0.1, 0.15) is 15.9 Å². The van der Waals surface area contributed by atoms with Gasteiger partial charge in [0.1, 0.15) is 17.1 Å². The van der Waals surface area contributed by atoms with Gasteiger partial charge in [-0.15, -0.1) is 0 Å². The van der Waals surface area contributed by atoms with E-state index in [4.69, 9.17) is 15.3 Å². The van der Waals surface area contributed by atoms with E-state index < -0.39 is 5.97 Å². The topological polar surface area (TPSA) is 73.9 Å². The molecule has 2 aromatic carbocycles. The number of benzene rings is 2. The van der Waals surface area contributed by atoms with Gasteiger partial charge in [0, 0.05) is 6.42 Å². The molecule has 0 aliphatic heterocycles. The minimum absolute atomic E-state index is 0.226. The van der Waals surface area contributed by atoms with Crippen LogP contribution in [-0.4, -0.2) is 18.9 Å². The third kappa shape index (κ3) is 4.07. The van der Waals surface area contributed by atoms with Crippen molar-refractivity contribution in [2.75, 3.05) is 7.11 Å². The maximum absolute atomic E-state index is 11.9. The van der Waals surface area contributed by atoms with Gasteiger partial charge in [-0.2, -0.15) is 0 Å². The van der Waals surface area contributed by atoms with Crippen LogP contribution in [0.25, 0.3) is 0 Å². The van der Waals surface area contributed by atoms with E-state index in [1.165, 1.54) is 7.11 Å². The highest BCUT2D eigenvalue weighted by atomic mass is 16.7. The Labute approximate surface area is 123 Å². The Balaban J connectivity index is 2.01. The molecule has 0 amide bonds. The van der Waals surface area contributed by atoms with E-state index in [0.29, 0.717) is 17.7 Å². The fraction of sp³-hybridized carbons (Fsp3) is 0.125. The van der Waals surface area contributed by atoms with Gasteiger partial charge in [0.2, 0.25) is 0 Å². The molecule has 5 heteroatoms. The van der Waals surface area contributed by atoms with E-state index in [1.54, 1.807) is 24.3 Å². The van der Waals surface area contributed by atoms with Crippen LogP contribution in [0, 0.1) is 0 Å². The van der Waals surface area contributed by atoms with Crippen molar-refractivity contribution in [3.63, 3.8) is 0 Å². The molecule has 108 valence electrons. The summed E-state index contributed by atoms with van der Waals surface area (Å²) in [6, 6.07) is 16.3. The van der Waals surface area contributed by atoms with Crippen LogP contribution < -0.4 is 10.5 Å². The average Bonchev–Trinajstić information content (AvgIpc) is 2.53. The van der Waals surface area contributed by atoms with E-state index in [-0.39, 0.29) is 5.84 Å². The van der Waals surface area contributed by atoms with Gasteiger partial charge in [-0.3, -0.25) is 0 Å². The molecule has 0 radical (unpaired) electrons. The average molecular weight is 284 g/mol. The number of hydrogen-bond donors (Lipinski definition) is 1. The van der Waals surface area contributed by atoms with E-state index in [9.17, 15) is 4.79 Å². The van der Waals surface area contributed by atoms with Gasteiger partial charge in [-0.05, 0) is 17.7 Å². The second-order valence-electron chi connectivity index (χ2n) is 4.32. The maximum Gasteiger partial charge on any atom is 0.369 e. The first-order valence-corrected chi connectivity index (χ1v) is 6.41. The summed E-state index contributed by atoms with van der Waals surface area (Å²) in [6.07, 6.45) is 0.417. The van der Waals surface area contributed by atoms with Crippen molar-refractivity contribution in [2.24, 2.45) is 10.9 Å². The molecule has 2 N–H and O–H groups in total. The van der Waals surface area contributed by atoms with Crippen molar-refractivity contribution in [3.8, 4) is 5.75 Å². The molecule has 21 heavy (non-hydrogen) atoms. The summed E-state index contributed by atoms with van der Waals surface area (Å²) in [4.78, 5) is 16.8. The zero-order valence-corrected chi connectivity index (χ0v) is 11.7. The molecule has 2 aromatic rings. The van der Waals surface area contributed by atoms with Gasteiger partial charge in [0.15, 0.2) is 0 Å². The van der Waals surface area contributed by atoms with Gasteiger partial charge in [-0.25, -0.2) is 4.79 Å². The summed E-state index contributed by atoms with van der Waals surface area (Å²) in [7, 11) is 1.49. The second-order valence-corrected chi connectivity index (χ2v) is 4.32. The summed E-state index contributed by atoms with van der Waals surface area (Å²) in [5.41, 5.74) is 7.04. The van der Waals surface area contributed by atoms with Crippen molar-refractivity contribution >= 4 is 11.8 Å². The van der Waals surface area contributed by atoms with Gasteiger partial charge in [0.25, 0.3) is 0 Å². The van der Waals surface area contributed by atoms with E-state index >= 15 is 0 Å². The van der Waals surface area contributed by atoms with Crippen molar-refractivity contribution in [2.45, 2.75) is 6.42 Å². The Bertz CT molecular complexity index is 639. The number of para-hydroxylation sites is 1. The highest BCUT2D eigenvalue weighted by molar-refractivity contribution is 5.93. The molecule has 0 saturated heterocycles. The van der Waals surface area contributed by atoms with Crippen LogP contribution in [0.4, 0.5) is 0 Å². The Morgan fingerprint density at radius 3 is 2.48 bits per heavy atom. The molecule has 0 aliphatic rings. The number of nitrogens with zero attached hydrogens (tertiary/aromatic N) is 1. The molecule has 0 saturated carbocycles. The van der Waals surface area contributed by atoms with Crippen LogP contribution >= 0.6 is 0 Å². The molecule has 2 rings (SSSR count). The number of nitrogens with two attached hydrogens (primary N) is 1. The highest BCUT2D eigenvalue weighted by Crippen LogP contribution is 2.18. The smallest absolute Gasteiger partial charge is 0.369 e. The monoisotopic (exact) mass is 284 g/mol. The van der Waals surface area contributed by atoms with Gasteiger partial charge >= 0.3 is 5.97 Å². The number of carbonyl (C=O) groups is 1. The summed E-state index contributed by atoms with van der Waals surface area (Å²) in [5.74, 6) is 0.0484. The zero-order chi connectivity index (χ0) is 15.1. The zero-order valence-electron chi connectivity index (χ0n) is 11.7. The third-order valence-corrected chi connectivity index (χ3v) is 2.80. The minimum Gasteiger partial charge on any atom is -0.496 e. The predicted octanol–water partition coefficient (Wildman–Crippen LogP) is 2.37. The fourth-order valence-corrected chi connectivity index (χ4v) is 1.80. The maximum atomic E-state index is 11.9. The number of rotatable bonds is 5. The number of carbonyl (C=O) groups excluding carboxylic acids is 1. The lowest BCUT2D eigenvalue weighted by Crippen LogP contribution is -2.16. The largest absolute Gasteiger partial charge is 0.496 e. The molecule has 0 heterocycles. The first-order valence-electron chi connectivity index (χ1n) is 6.41. The number of amidine groups is 1. The SMILES string of the molecule is COc1ccccc1C(=O)O/N=C(/N)Cc1ccccc1. The molecular weight excluding hydrogens is 268 g/mol. The molecule has 0 aromatic heterocycles. The molecule has 0 atom stereocenters. The molecular formula is C16H16N2O3. The Morgan fingerprint density at radius 1 is 1.10 bits per heavy atom. The third-order valence-electron chi connectivity index (χ3n) is 2.80. The molecule has 0 fully saturated rings. The predicted molar refractivity (Wildman–Crippen MR) is 80.2 cm³/mol. The van der Waals surface area contributed by atoms with Crippen LogP contribution in [0.5, 0.6) is 5.75 Å². The van der Waals surface area contributed by atoms with Crippen molar-refractivity contribution in [1.82, 2.24) is 0 Å². The summed E-state index contributed by atoms with van der Waals surface area (Å²) in [5, 5.41) is 3.66. The highest BCUT2D eigenvalue weighted by Gasteiger charge is 2.13. The van der Waals surface area contributed by atoms with E-state index in [1.807, 2.05) is 30.3 Å². The Kier molecular flexibility index (Phi) is 4.93. The number of ether oxygens (including phenoxy) is 1. The van der Waals surface area contributed by atoms with Crippen LogP contribution in [0.15, 0.2) is 59.8 Å². The Morgan fingerprint density at radius 2 is 1.76 bits per heavy atom. The fourth-order valence-electron chi connectivity index (χ4n) is 1.80. The normalized spacial score (nSPS) is 11.0. The van der Waals surface area contributed by atoms with Crippen LogP contribution in [0.3, 0.4) is 0 Å². The van der Waals surface area contributed by atoms with Crippen LogP contribution in [0.2, 0.25) is 0 Å². The summed E-state index contributed by atoms with van der Waals surface area (Å²) >= 11 is 0. The number of hydrogen-bond acceptors (Lipinski definition) is 4. The standard InChI is InChI=1S/C16H16N2O3/c1-20-14-10-6-5-9-13(14)16(19)21-18-15(17)11-12-7-3-2-4-8-12/h2-10H,11H2,1H3,(H2,17,18). The second kappa shape index (κ2) is 7.09. The first-order chi connectivity index (χ1) is 10.2. The van der Waals surface area contributed by atoms with Gasteiger partial charge in [0.05, 0.1) is 7.11 Å². The minimum atomic E-state index is -0.608. The lowest BCUT2D eigenvalue weighted by atomic mass is 10.1. The van der Waals surface area contributed by atoms with E-state index in [2.05, 4.69) is 5.16 Å². The van der Waals surface area contributed by atoms with Crippen molar-refractivity contribution < 1.29 is 14.4 Å². The van der Waals surface area contributed by atoms with Gasteiger partial charge < -0.3 is 15.3 Å². The van der Waals surface area contributed by atoms with Gasteiger partial charge in [-0.1, -0.05) is 47.6 Å². The summed E-state index contributed by atoms with van der Waals surface area (Å²) < 4.78 is 5.09. The Hall–Kier alpha value is -2.82. The van der Waals surface area contributed by atoms with Crippen molar-refractivity contribution in [1.29, 1.82) is 0 Å². The van der Waals surface area contributed by atoms with Crippen LogP contribution in [-0.2, 0) is 11.3 Å². The van der Waals surface area contributed by atoms with E-state index in [0.717, 1.165) is 5.56 Å². The number of oxime groups is 1. The molecule has 0 aliphatic carbocycles. The molecule has 0 bridgehead atoms. The van der Waals surface area contributed by atoms with Crippen molar-refractivity contribution in [3.05, 3.63) is 65.7 Å². The molecule has 0 unspecified atom stereocenters. The first kappa shape index (κ1) is 14.6.